The minimum atomic E-state index is -1.01. The predicted octanol–water partition coefficient (Wildman–Crippen LogP) is 0.601. The SMILES string of the molecule is Br.NC(=O)c1cccc(F)c1C(N)=O. The molecule has 2 amide bonds. The summed E-state index contributed by atoms with van der Waals surface area (Å²) in [6, 6.07) is 3.56. The first kappa shape index (κ1) is 12.6. The molecule has 4 N–H and O–H groups in total. The number of hydrogen-bond acceptors (Lipinski definition) is 2. The van der Waals surface area contributed by atoms with Crippen LogP contribution in [0.5, 0.6) is 0 Å². The highest BCUT2D eigenvalue weighted by molar-refractivity contribution is 8.93. The number of carbonyl (C=O) groups is 2. The van der Waals surface area contributed by atoms with Crippen LogP contribution in [0.3, 0.4) is 0 Å². The summed E-state index contributed by atoms with van der Waals surface area (Å²) >= 11 is 0. The first-order chi connectivity index (χ1) is 6.04. The molecule has 0 aliphatic carbocycles. The molecule has 1 aromatic rings. The fraction of sp³-hybridized carbons (Fsp3) is 0. The van der Waals surface area contributed by atoms with E-state index in [9.17, 15) is 14.0 Å². The Bertz CT molecular complexity index is 382. The van der Waals surface area contributed by atoms with Crippen LogP contribution in [-0.4, -0.2) is 11.8 Å². The molecular weight excluding hydrogens is 255 g/mol. The summed E-state index contributed by atoms with van der Waals surface area (Å²) < 4.78 is 13.0. The van der Waals surface area contributed by atoms with Crippen molar-refractivity contribution in [3.63, 3.8) is 0 Å². The zero-order valence-corrected chi connectivity index (χ0v) is 8.70. The molecule has 4 nitrogen and oxygen atoms in total. The Morgan fingerprint density at radius 2 is 1.71 bits per heavy atom. The zero-order chi connectivity index (χ0) is 10.0. The van der Waals surface area contributed by atoms with Crippen LogP contribution in [0.1, 0.15) is 20.7 Å². The molecule has 0 saturated heterocycles. The van der Waals surface area contributed by atoms with E-state index in [2.05, 4.69) is 0 Å². The number of benzene rings is 1. The lowest BCUT2D eigenvalue weighted by Crippen LogP contribution is -2.21. The van der Waals surface area contributed by atoms with Crippen molar-refractivity contribution in [3.8, 4) is 0 Å². The minimum absolute atomic E-state index is 0. The Morgan fingerprint density at radius 1 is 1.14 bits per heavy atom. The van der Waals surface area contributed by atoms with Crippen LogP contribution in [0.25, 0.3) is 0 Å². The van der Waals surface area contributed by atoms with E-state index in [1.165, 1.54) is 12.1 Å². The van der Waals surface area contributed by atoms with Crippen molar-refractivity contribution in [2.24, 2.45) is 11.5 Å². The molecule has 0 spiro atoms. The topological polar surface area (TPSA) is 86.2 Å². The quantitative estimate of drug-likeness (QED) is 0.818. The number of carbonyl (C=O) groups excluding carboxylic acids is 2. The lowest BCUT2D eigenvalue weighted by atomic mass is 10.1. The van der Waals surface area contributed by atoms with Gasteiger partial charge in [-0.15, -0.1) is 17.0 Å². The third kappa shape index (κ3) is 2.29. The molecule has 0 unspecified atom stereocenters. The van der Waals surface area contributed by atoms with Crippen LogP contribution in [0, 0.1) is 5.82 Å². The molecule has 0 aliphatic rings. The van der Waals surface area contributed by atoms with Gasteiger partial charge in [0.1, 0.15) is 5.82 Å². The fourth-order valence-corrected chi connectivity index (χ4v) is 0.980. The normalized spacial score (nSPS) is 8.93. The maximum absolute atomic E-state index is 13.0. The van der Waals surface area contributed by atoms with E-state index in [-0.39, 0.29) is 22.5 Å². The van der Waals surface area contributed by atoms with Gasteiger partial charge in [-0.05, 0) is 12.1 Å². The highest BCUT2D eigenvalue weighted by Gasteiger charge is 2.16. The molecule has 0 saturated carbocycles. The second-order valence-electron chi connectivity index (χ2n) is 2.39. The van der Waals surface area contributed by atoms with E-state index in [1.807, 2.05) is 0 Å². The second-order valence-corrected chi connectivity index (χ2v) is 2.39. The Balaban J connectivity index is 0.00000169. The van der Waals surface area contributed by atoms with Gasteiger partial charge in [0.25, 0.3) is 5.91 Å². The van der Waals surface area contributed by atoms with Crippen LogP contribution < -0.4 is 11.5 Å². The molecule has 0 fully saturated rings. The highest BCUT2D eigenvalue weighted by Crippen LogP contribution is 2.11. The van der Waals surface area contributed by atoms with E-state index in [4.69, 9.17) is 11.5 Å². The molecule has 6 heteroatoms. The van der Waals surface area contributed by atoms with Gasteiger partial charge in [-0.3, -0.25) is 9.59 Å². The smallest absolute Gasteiger partial charge is 0.252 e. The van der Waals surface area contributed by atoms with Crippen LogP contribution in [0.2, 0.25) is 0 Å². The van der Waals surface area contributed by atoms with Crippen LogP contribution >= 0.6 is 17.0 Å². The number of halogens is 2. The van der Waals surface area contributed by atoms with Gasteiger partial charge in [-0.25, -0.2) is 4.39 Å². The van der Waals surface area contributed by atoms with Crippen LogP contribution in [0.15, 0.2) is 18.2 Å². The number of primary amides is 2. The zero-order valence-electron chi connectivity index (χ0n) is 6.99. The molecule has 1 rings (SSSR count). The molecule has 14 heavy (non-hydrogen) atoms. The van der Waals surface area contributed by atoms with Crippen molar-refractivity contribution in [2.45, 2.75) is 0 Å². The Hall–Kier alpha value is -1.43. The van der Waals surface area contributed by atoms with E-state index < -0.39 is 23.2 Å². The summed E-state index contributed by atoms with van der Waals surface area (Å²) in [5, 5.41) is 0. The fourth-order valence-electron chi connectivity index (χ4n) is 0.980. The van der Waals surface area contributed by atoms with Crippen molar-refractivity contribution in [3.05, 3.63) is 35.1 Å². The summed E-state index contributed by atoms with van der Waals surface area (Å²) in [4.78, 5) is 21.4. The molecule has 0 aromatic heterocycles. The van der Waals surface area contributed by atoms with Crippen LogP contribution in [0.4, 0.5) is 4.39 Å². The molecule has 0 aliphatic heterocycles. The maximum atomic E-state index is 13.0. The van der Waals surface area contributed by atoms with Gasteiger partial charge in [0.05, 0.1) is 11.1 Å². The van der Waals surface area contributed by atoms with Crippen molar-refractivity contribution in [1.29, 1.82) is 0 Å². The Labute approximate surface area is 89.8 Å². The first-order valence-corrected chi connectivity index (χ1v) is 3.42. The summed E-state index contributed by atoms with van der Waals surface area (Å²) in [6.45, 7) is 0. The third-order valence-corrected chi connectivity index (χ3v) is 1.53. The molecule has 0 atom stereocenters. The predicted molar refractivity (Wildman–Crippen MR) is 53.8 cm³/mol. The number of amides is 2. The average molecular weight is 263 g/mol. The van der Waals surface area contributed by atoms with Gasteiger partial charge in [0, 0.05) is 0 Å². The van der Waals surface area contributed by atoms with E-state index in [0.29, 0.717) is 0 Å². The van der Waals surface area contributed by atoms with E-state index in [0.717, 1.165) is 6.07 Å². The molecular formula is C8H8BrFN2O2. The summed E-state index contributed by atoms with van der Waals surface area (Å²) in [5.41, 5.74) is 9.11. The van der Waals surface area contributed by atoms with Gasteiger partial charge in [0.2, 0.25) is 5.91 Å². The molecule has 0 heterocycles. The van der Waals surface area contributed by atoms with Crippen molar-refractivity contribution >= 4 is 28.8 Å². The van der Waals surface area contributed by atoms with Gasteiger partial charge in [-0.1, -0.05) is 6.07 Å². The summed E-state index contributed by atoms with van der Waals surface area (Å²) in [7, 11) is 0. The summed E-state index contributed by atoms with van der Waals surface area (Å²) in [5.74, 6) is -2.73. The highest BCUT2D eigenvalue weighted by atomic mass is 79.9. The van der Waals surface area contributed by atoms with Gasteiger partial charge in [-0.2, -0.15) is 0 Å². The van der Waals surface area contributed by atoms with Crippen molar-refractivity contribution < 1.29 is 14.0 Å². The summed E-state index contributed by atoms with van der Waals surface area (Å²) in [6.07, 6.45) is 0. The van der Waals surface area contributed by atoms with Gasteiger partial charge >= 0.3 is 0 Å². The second kappa shape index (κ2) is 4.71. The standard InChI is InChI=1S/C8H7FN2O2.BrH/c9-5-3-1-2-4(7(10)12)6(5)8(11)13;/h1-3H,(H2,10,12)(H2,11,13);1H. The first-order valence-electron chi connectivity index (χ1n) is 3.42. The van der Waals surface area contributed by atoms with E-state index >= 15 is 0 Å². The van der Waals surface area contributed by atoms with Crippen LogP contribution in [-0.2, 0) is 0 Å². The third-order valence-electron chi connectivity index (χ3n) is 1.53. The lowest BCUT2D eigenvalue weighted by Gasteiger charge is -2.02. The number of hydrogen-bond donors (Lipinski definition) is 2. The monoisotopic (exact) mass is 262 g/mol. The number of nitrogens with two attached hydrogens (primary N) is 2. The molecule has 0 radical (unpaired) electrons. The molecule has 1 aromatic carbocycles. The molecule has 76 valence electrons. The van der Waals surface area contributed by atoms with Gasteiger partial charge in [0.15, 0.2) is 0 Å². The van der Waals surface area contributed by atoms with Crippen molar-refractivity contribution in [1.82, 2.24) is 0 Å². The van der Waals surface area contributed by atoms with Gasteiger partial charge < -0.3 is 11.5 Å². The largest absolute Gasteiger partial charge is 0.366 e. The average Bonchev–Trinajstić information content (AvgIpc) is 2.02. The molecule has 0 bridgehead atoms. The van der Waals surface area contributed by atoms with E-state index in [1.54, 1.807) is 0 Å². The maximum Gasteiger partial charge on any atom is 0.252 e. The lowest BCUT2D eigenvalue weighted by molar-refractivity contribution is 0.0964. The minimum Gasteiger partial charge on any atom is -0.366 e. The Morgan fingerprint density at radius 3 is 2.07 bits per heavy atom. The Kier molecular flexibility index (Phi) is 4.23. The number of rotatable bonds is 2. The van der Waals surface area contributed by atoms with Crippen molar-refractivity contribution in [2.75, 3.05) is 0 Å².